The van der Waals surface area contributed by atoms with Crippen LogP contribution < -0.4 is 10.5 Å². The minimum absolute atomic E-state index is 0.364. The number of amides is 1. The number of ether oxygens (including phenoxy) is 1. The van der Waals surface area contributed by atoms with Crippen LogP contribution in [0.5, 0.6) is 11.5 Å². The molecule has 3 aromatic rings. The Morgan fingerprint density at radius 1 is 1.03 bits per heavy atom. The van der Waals surface area contributed by atoms with Crippen molar-refractivity contribution >= 4 is 17.9 Å². The Labute approximate surface area is 187 Å². The zero-order valence-electron chi connectivity index (χ0n) is 17.2. The molecule has 2 N–H and O–H groups in total. The fourth-order valence-corrected chi connectivity index (χ4v) is 4.42. The molecule has 31 heavy (non-hydrogen) atoms. The van der Waals surface area contributed by atoms with Gasteiger partial charge in [-0.1, -0.05) is 36.7 Å². The molecule has 1 saturated heterocycles. The van der Waals surface area contributed by atoms with E-state index < -0.39 is 5.91 Å². The van der Waals surface area contributed by atoms with Crippen molar-refractivity contribution in [2.24, 2.45) is 5.73 Å². The van der Waals surface area contributed by atoms with Gasteiger partial charge in [0, 0.05) is 30.3 Å². The highest BCUT2D eigenvalue weighted by molar-refractivity contribution is 7.99. The Morgan fingerprint density at radius 3 is 2.35 bits per heavy atom. The van der Waals surface area contributed by atoms with E-state index in [1.165, 1.54) is 0 Å². The summed E-state index contributed by atoms with van der Waals surface area (Å²) in [7, 11) is 0. The van der Waals surface area contributed by atoms with Gasteiger partial charge in [-0.25, -0.2) is 4.31 Å². The first-order valence-electron chi connectivity index (χ1n) is 10.3. The van der Waals surface area contributed by atoms with E-state index in [2.05, 4.69) is 10.9 Å². The third-order valence-corrected chi connectivity index (χ3v) is 6.20. The summed E-state index contributed by atoms with van der Waals surface area (Å²) in [4.78, 5) is 16.9. The van der Waals surface area contributed by atoms with Gasteiger partial charge in [-0.05, 0) is 66.8 Å². The van der Waals surface area contributed by atoms with Gasteiger partial charge in [0.05, 0.1) is 11.3 Å². The van der Waals surface area contributed by atoms with Gasteiger partial charge in [-0.3, -0.25) is 9.78 Å². The maximum atomic E-state index is 12.0. The lowest BCUT2D eigenvalue weighted by Crippen LogP contribution is -2.27. The van der Waals surface area contributed by atoms with Crippen LogP contribution in [-0.4, -0.2) is 28.3 Å². The van der Waals surface area contributed by atoms with Crippen molar-refractivity contribution in [1.82, 2.24) is 9.29 Å². The summed E-state index contributed by atoms with van der Waals surface area (Å²) in [6, 6.07) is 21.0. The van der Waals surface area contributed by atoms with Crippen LogP contribution in [0.3, 0.4) is 0 Å². The molecule has 2 heterocycles. The molecule has 5 nitrogen and oxygen atoms in total. The molecular weight excluding hydrogens is 406 g/mol. The molecule has 1 amide bonds. The summed E-state index contributed by atoms with van der Waals surface area (Å²) in [5.41, 5.74) is 8.55. The summed E-state index contributed by atoms with van der Waals surface area (Å²) in [6.45, 7) is 5.76. The molecule has 0 aliphatic carbocycles. The molecule has 0 unspecified atom stereocenters. The zero-order chi connectivity index (χ0) is 21.6. The Morgan fingerprint density at radius 2 is 1.71 bits per heavy atom. The van der Waals surface area contributed by atoms with Crippen LogP contribution in [0.15, 0.2) is 78.7 Å². The number of nitrogens with zero attached hydrogens (tertiary/aromatic N) is 2. The maximum Gasteiger partial charge on any atom is 0.250 e. The fraction of sp³-hybridized carbons (Fsp3) is 0.200. The van der Waals surface area contributed by atoms with Crippen LogP contribution in [0.4, 0.5) is 0 Å². The Hall–Kier alpha value is -3.09. The van der Waals surface area contributed by atoms with Crippen LogP contribution >= 0.6 is 11.9 Å². The normalized spacial score (nSPS) is 14.8. The average Bonchev–Trinajstić information content (AvgIpc) is 2.80. The highest BCUT2D eigenvalue weighted by Crippen LogP contribution is 2.33. The van der Waals surface area contributed by atoms with Crippen molar-refractivity contribution in [3.63, 3.8) is 0 Å². The van der Waals surface area contributed by atoms with Gasteiger partial charge < -0.3 is 10.5 Å². The van der Waals surface area contributed by atoms with E-state index in [4.69, 9.17) is 15.5 Å². The molecule has 0 radical (unpaired) electrons. The Bertz CT molecular complexity index is 1050. The first kappa shape index (κ1) is 21.2. The quantitative estimate of drug-likeness (QED) is 0.492. The molecule has 0 atom stereocenters. The molecule has 1 fully saturated rings. The number of hydrogen-bond donors (Lipinski definition) is 1. The molecule has 1 aromatic heterocycles. The predicted octanol–water partition coefficient (Wildman–Crippen LogP) is 5.61. The van der Waals surface area contributed by atoms with Crippen LogP contribution in [0.25, 0.3) is 11.3 Å². The third-order valence-electron chi connectivity index (χ3n) is 5.38. The van der Waals surface area contributed by atoms with Crippen LogP contribution in [-0.2, 0) is 0 Å². The lowest BCUT2D eigenvalue weighted by molar-refractivity contribution is 0.100. The largest absolute Gasteiger partial charge is 0.457 e. The number of pyridine rings is 1. The van der Waals surface area contributed by atoms with Gasteiger partial charge >= 0.3 is 0 Å². The van der Waals surface area contributed by atoms with E-state index in [-0.39, 0.29) is 0 Å². The second-order valence-electron chi connectivity index (χ2n) is 7.41. The summed E-state index contributed by atoms with van der Waals surface area (Å²) >= 11 is 1.66. The first-order valence-corrected chi connectivity index (χ1v) is 11.1. The van der Waals surface area contributed by atoms with Crippen molar-refractivity contribution in [2.45, 2.75) is 18.8 Å². The molecule has 2 aromatic carbocycles. The van der Waals surface area contributed by atoms with Gasteiger partial charge in [-0.15, -0.1) is 0 Å². The van der Waals surface area contributed by atoms with Crippen LogP contribution in [0, 0.1) is 0 Å². The number of piperidine rings is 1. The van der Waals surface area contributed by atoms with Crippen molar-refractivity contribution in [1.29, 1.82) is 0 Å². The predicted molar refractivity (Wildman–Crippen MR) is 126 cm³/mol. The van der Waals surface area contributed by atoms with E-state index in [0.717, 1.165) is 48.7 Å². The first-order chi connectivity index (χ1) is 15.1. The third kappa shape index (κ3) is 5.16. The lowest BCUT2D eigenvalue weighted by atomic mass is 9.92. The molecular formula is C25H25N3O2S. The van der Waals surface area contributed by atoms with E-state index >= 15 is 0 Å². The van der Waals surface area contributed by atoms with Crippen molar-refractivity contribution in [3.05, 3.63) is 90.0 Å². The van der Waals surface area contributed by atoms with Gasteiger partial charge in [0.2, 0.25) is 0 Å². The van der Waals surface area contributed by atoms with Crippen molar-refractivity contribution in [3.8, 4) is 22.8 Å². The number of hydrogen-bond acceptors (Lipinski definition) is 5. The minimum Gasteiger partial charge on any atom is -0.457 e. The van der Waals surface area contributed by atoms with E-state index in [0.29, 0.717) is 17.2 Å². The van der Waals surface area contributed by atoms with Crippen molar-refractivity contribution in [2.75, 3.05) is 13.1 Å². The molecule has 0 spiro atoms. The topological polar surface area (TPSA) is 68.5 Å². The summed E-state index contributed by atoms with van der Waals surface area (Å²) in [5, 5.41) is 1.86. The molecule has 1 aliphatic rings. The Balaban J connectivity index is 1.57. The van der Waals surface area contributed by atoms with Crippen LogP contribution in [0.1, 0.15) is 34.8 Å². The molecule has 0 saturated carbocycles. The zero-order valence-corrected chi connectivity index (χ0v) is 18.1. The van der Waals surface area contributed by atoms with E-state index in [1.54, 1.807) is 18.0 Å². The number of aromatic nitrogens is 1. The fourth-order valence-electron chi connectivity index (χ4n) is 3.79. The number of carbonyl (C=O) groups is 1. The van der Waals surface area contributed by atoms with Crippen molar-refractivity contribution < 1.29 is 9.53 Å². The molecule has 4 rings (SSSR count). The van der Waals surface area contributed by atoms with E-state index in [9.17, 15) is 4.79 Å². The van der Waals surface area contributed by atoms with Gasteiger partial charge in [0.15, 0.2) is 0 Å². The maximum absolute atomic E-state index is 12.0. The van der Waals surface area contributed by atoms with Gasteiger partial charge in [0.1, 0.15) is 11.5 Å². The summed E-state index contributed by atoms with van der Waals surface area (Å²) in [5.74, 6) is 1.38. The SMILES string of the molecule is C=CSN1CCC(c2ccc(C(N)=O)c(-c3ccc(Oc4ccccc4)cc3)n2)CC1. The van der Waals surface area contributed by atoms with Gasteiger partial charge in [0.25, 0.3) is 5.91 Å². The average molecular weight is 432 g/mol. The molecule has 0 bridgehead atoms. The molecule has 1 aliphatic heterocycles. The molecule has 158 valence electrons. The standard InChI is InChI=1S/C25H25N3O2S/c1-2-31-28-16-14-18(15-17-28)23-13-12-22(25(26)29)24(27-23)19-8-10-21(11-9-19)30-20-6-4-3-5-7-20/h2-13,18H,1,14-17H2,(H2,26,29). The number of nitrogens with two attached hydrogens (primary N) is 1. The highest BCUT2D eigenvalue weighted by Gasteiger charge is 2.23. The summed E-state index contributed by atoms with van der Waals surface area (Å²) in [6.07, 6.45) is 2.04. The smallest absolute Gasteiger partial charge is 0.250 e. The Kier molecular flexibility index (Phi) is 6.70. The highest BCUT2D eigenvalue weighted by atomic mass is 32.2. The van der Waals surface area contributed by atoms with E-state index in [1.807, 2.05) is 66.1 Å². The monoisotopic (exact) mass is 431 g/mol. The second-order valence-corrected chi connectivity index (χ2v) is 8.47. The number of para-hydroxylation sites is 1. The van der Waals surface area contributed by atoms with Crippen LogP contribution in [0.2, 0.25) is 0 Å². The number of carbonyl (C=O) groups excluding carboxylic acids is 1. The second kappa shape index (κ2) is 9.81. The minimum atomic E-state index is -0.476. The van der Waals surface area contributed by atoms with Gasteiger partial charge in [-0.2, -0.15) is 0 Å². The number of benzene rings is 2. The number of primary amides is 1. The number of rotatable bonds is 7. The lowest BCUT2D eigenvalue weighted by Gasteiger charge is -2.30. The molecule has 6 heteroatoms. The summed E-state index contributed by atoms with van der Waals surface area (Å²) < 4.78 is 8.18.